The summed E-state index contributed by atoms with van der Waals surface area (Å²) in [5.74, 6) is 0.760. The van der Waals surface area contributed by atoms with Gasteiger partial charge in [-0.1, -0.05) is 28.9 Å². The highest BCUT2D eigenvalue weighted by atomic mass is 16.5. The Morgan fingerprint density at radius 1 is 1.17 bits per heavy atom. The van der Waals surface area contributed by atoms with E-state index in [1.54, 1.807) is 12.3 Å². The van der Waals surface area contributed by atoms with Crippen LogP contribution in [0.25, 0.3) is 11.5 Å². The van der Waals surface area contributed by atoms with E-state index in [0.717, 1.165) is 11.3 Å². The Morgan fingerprint density at radius 3 is 2.74 bits per heavy atom. The van der Waals surface area contributed by atoms with Gasteiger partial charge in [-0.25, -0.2) is 0 Å². The first-order valence-electron chi connectivity index (χ1n) is 7.31. The number of pyridine rings is 1. The predicted molar refractivity (Wildman–Crippen MR) is 85.7 cm³/mol. The van der Waals surface area contributed by atoms with Crippen LogP contribution >= 0.6 is 0 Å². The lowest BCUT2D eigenvalue weighted by atomic mass is 10.2. The van der Waals surface area contributed by atoms with Crippen LogP contribution in [0.3, 0.4) is 0 Å². The molecular weight excluding hydrogens is 292 g/mol. The summed E-state index contributed by atoms with van der Waals surface area (Å²) in [6.45, 7) is 2.00. The van der Waals surface area contributed by atoms with E-state index in [2.05, 4.69) is 20.4 Å². The Morgan fingerprint density at radius 2 is 2.00 bits per heavy atom. The zero-order valence-corrected chi connectivity index (χ0v) is 12.7. The number of rotatable bonds is 5. The highest BCUT2D eigenvalue weighted by Crippen LogP contribution is 2.13. The topological polar surface area (TPSA) is 80.9 Å². The minimum Gasteiger partial charge on any atom is -0.339 e. The first-order chi connectivity index (χ1) is 11.2. The number of nitrogens with one attached hydrogen (secondary N) is 1. The molecule has 1 aromatic carbocycles. The Bertz CT molecular complexity index is 782. The number of nitrogens with zero attached hydrogens (tertiary/aromatic N) is 3. The van der Waals surface area contributed by atoms with Crippen molar-refractivity contribution in [1.29, 1.82) is 0 Å². The lowest BCUT2D eigenvalue weighted by Gasteiger charge is -2.04. The molecule has 0 bridgehead atoms. The van der Waals surface area contributed by atoms with E-state index >= 15 is 0 Å². The molecule has 0 aliphatic carbocycles. The molecule has 0 fully saturated rings. The molecule has 0 aliphatic heterocycles. The van der Waals surface area contributed by atoms with Crippen LogP contribution in [0.15, 0.2) is 53.2 Å². The maximum absolute atomic E-state index is 11.9. The molecule has 3 rings (SSSR count). The van der Waals surface area contributed by atoms with Gasteiger partial charge in [-0.05, 0) is 31.2 Å². The summed E-state index contributed by atoms with van der Waals surface area (Å²) in [6.07, 6.45) is 2.33. The van der Waals surface area contributed by atoms with Crippen molar-refractivity contribution in [2.24, 2.45) is 0 Å². The smallest absolute Gasteiger partial charge is 0.227 e. The number of benzene rings is 1. The Kier molecular flexibility index (Phi) is 4.42. The number of carbonyl (C=O) groups is 1. The van der Waals surface area contributed by atoms with Crippen molar-refractivity contribution in [2.75, 3.05) is 5.32 Å². The Hall–Kier alpha value is -3.02. The van der Waals surface area contributed by atoms with Crippen LogP contribution in [-0.4, -0.2) is 21.0 Å². The average molecular weight is 308 g/mol. The maximum atomic E-state index is 11.9. The van der Waals surface area contributed by atoms with Gasteiger partial charge in [0.2, 0.25) is 17.6 Å². The second-order valence-corrected chi connectivity index (χ2v) is 5.14. The van der Waals surface area contributed by atoms with Gasteiger partial charge in [0.05, 0.1) is 0 Å². The molecule has 0 saturated heterocycles. The molecule has 6 nitrogen and oxygen atoms in total. The summed E-state index contributed by atoms with van der Waals surface area (Å²) in [4.78, 5) is 20.3. The number of anilines is 1. The third kappa shape index (κ3) is 4.00. The fourth-order valence-corrected chi connectivity index (χ4v) is 2.04. The molecule has 3 aromatic rings. The third-order valence-corrected chi connectivity index (χ3v) is 3.26. The second kappa shape index (κ2) is 6.83. The molecule has 0 spiro atoms. The first kappa shape index (κ1) is 14.9. The Balaban J connectivity index is 1.55. The van der Waals surface area contributed by atoms with Crippen molar-refractivity contribution in [3.63, 3.8) is 0 Å². The number of hydrogen-bond donors (Lipinski definition) is 1. The molecule has 6 heteroatoms. The summed E-state index contributed by atoms with van der Waals surface area (Å²) in [6, 6.07) is 13.1. The minimum atomic E-state index is -0.0913. The van der Waals surface area contributed by atoms with Crippen LogP contribution in [0.1, 0.15) is 17.9 Å². The van der Waals surface area contributed by atoms with E-state index in [1.165, 1.54) is 0 Å². The second-order valence-electron chi connectivity index (χ2n) is 5.14. The van der Waals surface area contributed by atoms with Crippen LogP contribution in [0.2, 0.25) is 0 Å². The SMILES string of the molecule is Cc1ccc(NC(=O)CCc2nc(-c3ccccn3)no2)cc1. The normalized spacial score (nSPS) is 10.5. The quantitative estimate of drug-likeness (QED) is 0.783. The molecule has 1 amide bonds. The summed E-state index contributed by atoms with van der Waals surface area (Å²) in [5.41, 5.74) is 2.57. The zero-order valence-electron chi connectivity index (χ0n) is 12.7. The maximum Gasteiger partial charge on any atom is 0.227 e. The lowest BCUT2D eigenvalue weighted by Crippen LogP contribution is -2.12. The van der Waals surface area contributed by atoms with Crippen molar-refractivity contribution in [1.82, 2.24) is 15.1 Å². The van der Waals surface area contributed by atoms with E-state index in [1.807, 2.05) is 43.3 Å². The molecule has 2 heterocycles. The standard InChI is InChI=1S/C17H16N4O2/c1-12-5-7-13(8-6-12)19-15(22)9-10-16-20-17(21-23-16)14-4-2-3-11-18-14/h2-8,11H,9-10H2,1H3,(H,19,22). The van der Waals surface area contributed by atoms with E-state index in [-0.39, 0.29) is 12.3 Å². The molecule has 0 unspecified atom stereocenters. The average Bonchev–Trinajstić information content (AvgIpc) is 3.05. The number of carbonyl (C=O) groups excluding carboxylic acids is 1. The van der Waals surface area contributed by atoms with Crippen LogP contribution in [0, 0.1) is 6.92 Å². The summed E-state index contributed by atoms with van der Waals surface area (Å²) >= 11 is 0. The van der Waals surface area contributed by atoms with Gasteiger partial charge < -0.3 is 9.84 Å². The van der Waals surface area contributed by atoms with Crippen LogP contribution < -0.4 is 5.32 Å². The summed E-state index contributed by atoms with van der Waals surface area (Å²) in [5, 5.41) is 6.71. The fourth-order valence-electron chi connectivity index (χ4n) is 2.04. The predicted octanol–water partition coefficient (Wildman–Crippen LogP) is 3.01. The number of aromatic nitrogens is 3. The van der Waals surface area contributed by atoms with Gasteiger partial charge in [0.15, 0.2) is 0 Å². The lowest BCUT2D eigenvalue weighted by molar-refractivity contribution is -0.116. The molecule has 2 aromatic heterocycles. The first-order valence-corrected chi connectivity index (χ1v) is 7.31. The van der Waals surface area contributed by atoms with Gasteiger partial charge in [0.1, 0.15) is 5.69 Å². The highest BCUT2D eigenvalue weighted by molar-refractivity contribution is 5.90. The molecule has 0 aliphatic rings. The number of aryl methyl sites for hydroxylation is 2. The van der Waals surface area contributed by atoms with Gasteiger partial charge in [-0.2, -0.15) is 4.98 Å². The minimum absolute atomic E-state index is 0.0913. The van der Waals surface area contributed by atoms with Crippen molar-refractivity contribution in [3.8, 4) is 11.5 Å². The third-order valence-electron chi connectivity index (χ3n) is 3.26. The van der Waals surface area contributed by atoms with Crippen LogP contribution in [-0.2, 0) is 11.2 Å². The number of amides is 1. The summed E-state index contributed by atoms with van der Waals surface area (Å²) < 4.78 is 5.15. The van der Waals surface area contributed by atoms with E-state index in [0.29, 0.717) is 23.8 Å². The zero-order chi connectivity index (χ0) is 16.1. The van der Waals surface area contributed by atoms with E-state index < -0.39 is 0 Å². The highest BCUT2D eigenvalue weighted by Gasteiger charge is 2.11. The van der Waals surface area contributed by atoms with Crippen molar-refractivity contribution < 1.29 is 9.32 Å². The van der Waals surface area contributed by atoms with Gasteiger partial charge in [0.25, 0.3) is 0 Å². The van der Waals surface area contributed by atoms with Crippen molar-refractivity contribution in [2.45, 2.75) is 19.8 Å². The van der Waals surface area contributed by atoms with Gasteiger partial charge in [-0.3, -0.25) is 9.78 Å². The molecular formula is C17H16N4O2. The van der Waals surface area contributed by atoms with E-state index in [9.17, 15) is 4.79 Å². The molecule has 1 N–H and O–H groups in total. The fraction of sp³-hybridized carbons (Fsp3) is 0.176. The van der Waals surface area contributed by atoms with Crippen LogP contribution in [0.4, 0.5) is 5.69 Å². The molecule has 23 heavy (non-hydrogen) atoms. The molecule has 0 atom stereocenters. The summed E-state index contributed by atoms with van der Waals surface area (Å²) in [7, 11) is 0. The largest absolute Gasteiger partial charge is 0.339 e. The molecule has 0 saturated carbocycles. The van der Waals surface area contributed by atoms with Crippen molar-refractivity contribution in [3.05, 3.63) is 60.1 Å². The molecule has 116 valence electrons. The van der Waals surface area contributed by atoms with Gasteiger partial charge >= 0.3 is 0 Å². The Labute approximate surface area is 133 Å². The van der Waals surface area contributed by atoms with Gasteiger partial charge in [-0.15, -0.1) is 0 Å². The number of hydrogen-bond acceptors (Lipinski definition) is 5. The van der Waals surface area contributed by atoms with Crippen LogP contribution in [0.5, 0.6) is 0 Å². The van der Waals surface area contributed by atoms with Crippen molar-refractivity contribution >= 4 is 11.6 Å². The monoisotopic (exact) mass is 308 g/mol. The van der Waals surface area contributed by atoms with Gasteiger partial charge in [0, 0.05) is 24.7 Å². The van der Waals surface area contributed by atoms with E-state index in [4.69, 9.17) is 4.52 Å². The molecule has 0 radical (unpaired) electrons.